The van der Waals surface area contributed by atoms with Gasteiger partial charge in [0, 0.05) is 19.2 Å². The van der Waals surface area contributed by atoms with E-state index in [0.717, 1.165) is 6.54 Å². The van der Waals surface area contributed by atoms with Crippen molar-refractivity contribution < 1.29 is 5.11 Å². The van der Waals surface area contributed by atoms with Crippen molar-refractivity contribution in [3.8, 4) is 0 Å². The Kier molecular flexibility index (Phi) is 5.58. The Morgan fingerprint density at radius 3 is 2.40 bits per heavy atom. The highest BCUT2D eigenvalue weighted by Crippen LogP contribution is 2.12. The van der Waals surface area contributed by atoms with Crippen LogP contribution in [0.2, 0.25) is 0 Å². The Morgan fingerprint density at radius 1 is 1.33 bits per heavy atom. The molecule has 3 heteroatoms. The molecule has 0 radical (unpaired) electrons. The van der Waals surface area contributed by atoms with E-state index >= 15 is 0 Å². The molecular weight excluding hydrogens is 188 g/mol. The monoisotopic (exact) mass is 214 g/mol. The van der Waals surface area contributed by atoms with E-state index in [1.807, 2.05) is 0 Å². The van der Waals surface area contributed by atoms with Gasteiger partial charge in [-0.3, -0.25) is 0 Å². The van der Waals surface area contributed by atoms with Crippen LogP contribution in [0, 0.1) is 11.8 Å². The molecule has 1 fully saturated rings. The highest BCUT2D eigenvalue weighted by Gasteiger charge is 2.18. The first-order valence-corrected chi connectivity index (χ1v) is 6.16. The Morgan fingerprint density at radius 2 is 1.93 bits per heavy atom. The zero-order valence-electron chi connectivity index (χ0n) is 10.4. The predicted molar refractivity (Wildman–Crippen MR) is 63.9 cm³/mol. The summed E-state index contributed by atoms with van der Waals surface area (Å²) in [7, 11) is 2.18. The number of hydrogen-bond acceptors (Lipinski definition) is 3. The smallest absolute Gasteiger partial charge is 0.0473 e. The largest absolute Gasteiger partial charge is 0.396 e. The lowest BCUT2D eigenvalue weighted by Gasteiger charge is -2.31. The van der Waals surface area contributed by atoms with Gasteiger partial charge in [-0.2, -0.15) is 0 Å². The van der Waals surface area contributed by atoms with Crippen LogP contribution in [0.15, 0.2) is 0 Å². The Hall–Kier alpha value is -0.120. The van der Waals surface area contributed by atoms with Gasteiger partial charge in [-0.1, -0.05) is 13.8 Å². The molecule has 1 unspecified atom stereocenters. The molecular formula is C12H26N2O. The minimum absolute atomic E-state index is 0.303. The van der Waals surface area contributed by atoms with Crippen LogP contribution in [-0.4, -0.2) is 49.3 Å². The van der Waals surface area contributed by atoms with E-state index in [-0.39, 0.29) is 0 Å². The summed E-state index contributed by atoms with van der Waals surface area (Å²) in [5, 5.41) is 12.8. The fourth-order valence-corrected chi connectivity index (χ4v) is 2.04. The first-order valence-electron chi connectivity index (χ1n) is 6.16. The summed E-state index contributed by atoms with van der Waals surface area (Å²) in [6.07, 6.45) is 2.49. The van der Waals surface area contributed by atoms with Crippen molar-refractivity contribution in [1.82, 2.24) is 10.2 Å². The van der Waals surface area contributed by atoms with Crippen LogP contribution in [0.3, 0.4) is 0 Å². The van der Waals surface area contributed by atoms with Gasteiger partial charge >= 0.3 is 0 Å². The second-order valence-corrected chi connectivity index (χ2v) is 5.17. The second-order valence-electron chi connectivity index (χ2n) is 5.17. The maximum atomic E-state index is 9.22. The van der Waals surface area contributed by atoms with Crippen molar-refractivity contribution in [2.45, 2.75) is 32.7 Å². The van der Waals surface area contributed by atoms with E-state index in [0.29, 0.717) is 24.5 Å². The molecule has 1 atom stereocenters. The molecule has 1 rings (SSSR count). The Balaban J connectivity index is 2.18. The zero-order chi connectivity index (χ0) is 11.3. The van der Waals surface area contributed by atoms with Gasteiger partial charge in [-0.25, -0.2) is 0 Å². The first kappa shape index (κ1) is 12.9. The molecule has 1 heterocycles. The molecule has 0 aromatic carbocycles. The van der Waals surface area contributed by atoms with Crippen molar-refractivity contribution in [1.29, 1.82) is 0 Å². The van der Waals surface area contributed by atoms with E-state index in [1.165, 1.54) is 25.9 Å². The van der Waals surface area contributed by atoms with Gasteiger partial charge in [0.1, 0.15) is 0 Å². The number of nitrogens with one attached hydrogen (secondary N) is 1. The molecule has 1 saturated heterocycles. The van der Waals surface area contributed by atoms with Crippen molar-refractivity contribution >= 4 is 0 Å². The quantitative estimate of drug-likeness (QED) is 0.715. The first-order chi connectivity index (χ1) is 7.13. The normalized spacial score (nSPS) is 22.2. The third-order valence-electron chi connectivity index (χ3n) is 3.56. The van der Waals surface area contributed by atoms with Gasteiger partial charge in [0.05, 0.1) is 0 Å². The minimum Gasteiger partial charge on any atom is -0.396 e. The molecule has 0 aromatic rings. The molecule has 0 bridgehead atoms. The van der Waals surface area contributed by atoms with E-state index < -0.39 is 0 Å². The van der Waals surface area contributed by atoms with Gasteiger partial charge in [-0.05, 0) is 44.8 Å². The van der Waals surface area contributed by atoms with Crippen LogP contribution in [0.4, 0.5) is 0 Å². The number of rotatable bonds is 5. The molecule has 0 amide bonds. The molecule has 0 spiro atoms. The van der Waals surface area contributed by atoms with Crippen LogP contribution in [-0.2, 0) is 0 Å². The molecule has 1 aliphatic rings. The van der Waals surface area contributed by atoms with Crippen LogP contribution in [0.1, 0.15) is 26.7 Å². The van der Waals surface area contributed by atoms with Crippen LogP contribution in [0.25, 0.3) is 0 Å². The highest BCUT2D eigenvalue weighted by atomic mass is 16.3. The zero-order valence-corrected chi connectivity index (χ0v) is 10.4. The van der Waals surface area contributed by atoms with E-state index in [4.69, 9.17) is 0 Å². The van der Waals surface area contributed by atoms with E-state index in [2.05, 4.69) is 31.1 Å². The Labute approximate surface area is 93.9 Å². The molecule has 0 aliphatic carbocycles. The van der Waals surface area contributed by atoms with Gasteiger partial charge in [0.15, 0.2) is 0 Å². The molecule has 2 N–H and O–H groups in total. The third kappa shape index (κ3) is 4.49. The van der Waals surface area contributed by atoms with Crippen molar-refractivity contribution in [3.63, 3.8) is 0 Å². The number of nitrogens with zero attached hydrogens (tertiary/aromatic N) is 1. The van der Waals surface area contributed by atoms with Crippen molar-refractivity contribution in [2.24, 2.45) is 11.8 Å². The fourth-order valence-electron chi connectivity index (χ4n) is 2.04. The molecule has 1 aliphatic heterocycles. The third-order valence-corrected chi connectivity index (χ3v) is 3.56. The van der Waals surface area contributed by atoms with Gasteiger partial charge in [0.25, 0.3) is 0 Å². The summed E-state index contributed by atoms with van der Waals surface area (Å²) >= 11 is 0. The average Bonchev–Trinajstić information content (AvgIpc) is 2.21. The fraction of sp³-hybridized carbons (Fsp3) is 1.00. The van der Waals surface area contributed by atoms with Gasteiger partial charge in [-0.15, -0.1) is 0 Å². The molecule has 0 saturated carbocycles. The lowest BCUT2D eigenvalue weighted by atomic mass is 9.95. The number of aliphatic hydroxyl groups is 1. The van der Waals surface area contributed by atoms with Gasteiger partial charge < -0.3 is 15.3 Å². The average molecular weight is 214 g/mol. The topological polar surface area (TPSA) is 35.5 Å². The molecule has 15 heavy (non-hydrogen) atoms. The van der Waals surface area contributed by atoms with Crippen molar-refractivity contribution in [2.75, 3.05) is 33.3 Å². The van der Waals surface area contributed by atoms with E-state index in [1.54, 1.807) is 0 Å². The van der Waals surface area contributed by atoms with E-state index in [9.17, 15) is 5.11 Å². The SMILES string of the molecule is CC(C)C(CO)CNC1CCN(C)CC1. The summed E-state index contributed by atoms with van der Waals surface area (Å²) in [6, 6.07) is 0.661. The molecule has 0 aromatic heterocycles. The summed E-state index contributed by atoms with van der Waals surface area (Å²) in [4.78, 5) is 2.38. The molecule has 3 nitrogen and oxygen atoms in total. The van der Waals surface area contributed by atoms with Crippen LogP contribution < -0.4 is 5.32 Å². The summed E-state index contributed by atoms with van der Waals surface area (Å²) in [6.45, 7) is 8.01. The standard InChI is InChI=1S/C12H26N2O/c1-10(2)11(9-15)8-13-12-4-6-14(3)7-5-12/h10-13,15H,4-9H2,1-3H3. The van der Waals surface area contributed by atoms with Crippen LogP contribution >= 0.6 is 0 Å². The lowest BCUT2D eigenvalue weighted by molar-refractivity contribution is 0.171. The number of piperidine rings is 1. The number of hydrogen-bond donors (Lipinski definition) is 2. The van der Waals surface area contributed by atoms with Crippen LogP contribution in [0.5, 0.6) is 0 Å². The number of aliphatic hydroxyl groups excluding tert-OH is 1. The second kappa shape index (κ2) is 6.46. The predicted octanol–water partition coefficient (Wildman–Crippen LogP) is 0.935. The van der Waals surface area contributed by atoms with Gasteiger partial charge in [0.2, 0.25) is 0 Å². The lowest BCUT2D eigenvalue weighted by Crippen LogP contribution is -2.43. The summed E-state index contributed by atoms with van der Waals surface area (Å²) in [5.74, 6) is 0.971. The number of likely N-dealkylation sites (tertiary alicyclic amines) is 1. The Bertz CT molecular complexity index is 165. The molecule has 90 valence electrons. The van der Waals surface area contributed by atoms with Crippen molar-refractivity contribution in [3.05, 3.63) is 0 Å². The highest BCUT2D eigenvalue weighted by molar-refractivity contribution is 4.77. The maximum absolute atomic E-state index is 9.22. The minimum atomic E-state index is 0.303. The maximum Gasteiger partial charge on any atom is 0.0473 e. The summed E-state index contributed by atoms with van der Waals surface area (Å²) in [5.41, 5.74) is 0. The summed E-state index contributed by atoms with van der Waals surface area (Å²) < 4.78 is 0.